The van der Waals surface area contributed by atoms with Crippen LogP contribution in [0.25, 0.3) is 0 Å². The van der Waals surface area contributed by atoms with Crippen LogP contribution in [0.1, 0.15) is 26.2 Å². The molecule has 0 spiro atoms. The third-order valence-electron chi connectivity index (χ3n) is 2.99. The molecule has 1 aliphatic heterocycles. The molecule has 88 valence electrons. The summed E-state index contributed by atoms with van der Waals surface area (Å²) in [4.78, 5) is 13.8. The molecule has 1 amide bonds. The summed E-state index contributed by atoms with van der Waals surface area (Å²) >= 11 is 0. The number of carbonyl (C=O) groups is 1. The van der Waals surface area contributed by atoms with Crippen molar-refractivity contribution in [3.05, 3.63) is 0 Å². The molecule has 1 fully saturated rings. The number of rotatable bonds is 5. The van der Waals surface area contributed by atoms with Gasteiger partial charge in [-0.15, -0.1) is 0 Å². The minimum atomic E-state index is -0.325. The van der Waals surface area contributed by atoms with Gasteiger partial charge < -0.3 is 16.0 Å². The maximum absolute atomic E-state index is 11.5. The average Bonchev–Trinajstić information content (AvgIpc) is 2.61. The fourth-order valence-electron chi connectivity index (χ4n) is 2.01. The zero-order valence-corrected chi connectivity index (χ0v) is 9.83. The first-order chi connectivity index (χ1) is 7.13. The highest BCUT2D eigenvalue weighted by Gasteiger charge is 2.20. The molecular formula is C11H23N3O. The third-order valence-corrected chi connectivity index (χ3v) is 2.99. The van der Waals surface area contributed by atoms with E-state index in [1.807, 2.05) is 6.92 Å². The van der Waals surface area contributed by atoms with Crippen LogP contribution in [0.5, 0.6) is 0 Å². The second-order valence-corrected chi connectivity index (χ2v) is 4.56. The van der Waals surface area contributed by atoms with Crippen molar-refractivity contribution in [2.24, 2.45) is 11.7 Å². The lowest BCUT2D eigenvalue weighted by Gasteiger charge is -2.14. The van der Waals surface area contributed by atoms with Crippen molar-refractivity contribution in [1.82, 2.24) is 10.2 Å². The molecule has 3 N–H and O–H groups in total. The van der Waals surface area contributed by atoms with Gasteiger partial charge in [0.1, 0.15) is 0 Å². The Labute approximate surface area is 92.2 Å². The summed E-state index contributed by atoms with van der Waals surface area (Å²) in [6.07, 6.45) is 2.91. The molecule has 15 heavy (non-hydrogen) atoms. The Hall–Kier alpha value is -0.610. The van der Waals surface area contributed by atoms with Crippen LogP contribution < -0.4 is 11.1 Å². The van der Waals surface area contributed by atoms with Gasteiger partial charge in [0.05, 0.1) is 6.04 Å². The monoisotopic (exact) mass is 213 g/mol. The Balaban J connectivity index is 2.16. The van der Waals surface area contributed by atoms with Gasteiger partial charge in [-0.2, -0.15) is 0 Å². The van der Waals surface area contributed by atoms with Gasteiger partial charge in [0, 0.05) is 13.1 Å². The van der Waals surface area contributed by atoms with Crippen molar-refractivity contribution in [2.45, 2.75) is 32.2 Å². The summed E-state index contributed by atoms with van der Waals surface area (Å²) in [7, 11) is 2.12. The van der Waals surface area contributed by atoms with E-state index in [9.17, 15) is 4.79 Å². The fraction of sp³-hybridized carbons (Fsp3) is 0.909. The van der Waals surface area contributed by atoms with Crippen molar-refractivity contribution in [3.63, 3.8) is 0 Å². The number of likely N-dealkylation sites (tertiary alicyclic amines) is 1. The van der Waals surface area contributed by atoms with Gasteiger partial charge in [0.25, 0.3) is 0 Å². The average molecular weight is 213 g/mol. The van der Waals surface area contributed by atoms with E-state index in [1.165, 1.54) is 6.42 Å². The molecule has 0 saturated carbocycles. The SMILES string of the molecule is CCC[C@H](N)C(=O)NCC1CCN(C)C1. The summed E-state index contributed by atoms with van der Waals surface area (Å²) in [5, 5.41) is 2.94. The van der Waals surface area contributed by atoms with E-state index < -0.39 is 0 Å². The molecule has 1 saturated heterocycles. The largest absolute Gasteiger partial charge is 0.354 e. The summed E-state index contributed by atoms with van der Waals surface area (Å²) < 4.78 is 0. The number of carbonyl (C=O) groups excluding carboxylic acids is 1. The van der Waals surface area contributed by atoms with Crippen LogP contribution in [0.2, 0.25) is 0 Å². The van der Waals surface area contributed by atoms with Crippen LogP contribution in [-0.4, -0.2) is 43.5 Å². The summed E-state index contributed by atoms with van der Waals surface area (Å²) in [6, 6.07) is -0.325. The van der Waals surface area contributed by atoms with Crippen LogP contribution >= 0.6 is 0 Å². The lowest BCUT2D eigenvalue weighted by atomic mass is 10.1. The topological polar surface area (TPSA) is 58.4 Å². The Bertz CT molecular complexity index is 208. The first-order valence-corrected chi connectivity index (χ1v) is 5.85. The molecule has 0 aromatic carbocycles. The first-order valence-electron chi connectivity index (χ1n) is 5.85. The molecule has 0 aliphatic carbocycles. The molecule has 4 heteroatoms. The number of nitrogens with two attached hydrogens (primary N) is 1. The zero-order valence-electron chi connectivity index (χ0n) is 9.83. The van der Waals surface area contributed by atoms with E-state index in [1.54, 1.807) is 0 Å². The molecule has 1 aliphatic rings. The molecule has 0 radical (unpaired) electrons. The van der Waals surface area contributed by atoms with E-state index in [-0.39, 0.29) is 11.9 Å². The lowest BCUT2D eigenvalue weighted by molar-refractivity contribution is -0.122. The molecule has 0 aromatic rings. The minimum absolute atomic E-state index is 0.00593. The molecular weight excluding hydrogens is 190 g/mol. The van der Waals surface area contributed by atoms with Crippen LogP contribution in [0.3, 0.4) is 0 Å². The van der Waals surface area contributed by atoms with E-state index in [4.69, 9.17) is 5.73 Å². The van der Waals surface area contributed by atoms with Crippen LogP contribution in [0.15, 0.2) is 0 Å². The second-order valence-electron chi connectivity index (χ2n) is 4.56. The normalized spacial score (nSPS) is 24.1. The predicted molar refractivity (Wildman–Crippen MR) is 61.5 cm³/mol. The third kappa shape index (κ3) is 4.18. The van der Waals surface area contributed by atoms with Crippen molar-refractivity contribution in [2.75, 3.05) is 26.7 Å². The smallest absolute Gasteiger partial charge is 0.236 e. The van der Waals surface area contributed by atoms with Crippen LogP contribution in [0.4, 0.5) is 0 Å². The quantitative estimate of drug-likeness (QED) is 0.685. The minimum Gasteiger partial charge on any atom is -0.354 e. The van der Waals surface area contributed by atoms with Gasteiger partial charge in [-0.1, -0.05) is 13.3 Å². The maximum Gasteiger partial charge on any atom is 0.236 e. The summed E-state index contributed by atoms with van der Waals surface area (Å²) in [5.41, 5.74) is 5.72. The Kier molecular flexibility index (Phi) is 5.05. The van der Waals surface area contributed by atoms with Crippen molar-refractivity contribution in [1.29, 1.82) is 0 Å². The van der Waals surface area contributed by atoms with E-state index in [0.717, 1.165) is 32.5 Å². The molecule has 1 rings (SSSR count). The molecule has 2 atom stereocenters. The van der Waals surface area contributed by atoms with Gasteiger partial charge in [-0.05, 0) is 32.4 Å². The lowest BCUT2D eigenvalue weighted by Crippen LogP contribution is -2.42. The summed E-state index contributed by atoms with van der Waals surface area (Å²) in [6.45, 7) is 5.05. The number of hydrogen-bond donors (Lipinski definition) is 2. The van der Waals surface area contributed by atoms with Crippen molar-refractivity contribution < 1.29 is 4.79 Å². The second kappa shape index (κ2) is 6.08. The van der Waals surface area contributed by atoms with Gasteiger partial charge in [-0.3, -0.25) is 4.79 Å². The Morgan fingerprint density at radius 3 is 2.93 bits per heavy atom. The van der Waals surface area contributed by atoms with Crippen molar-refractivity contribution >= 4 is 5.91 Å². The van der Waals surface area contributed by atoms with E-state index in [2.05, 4.69) is 17.3 Å². The summed E-state index contributed by atoms with van der Waals surface area (Å²) in [5.74, 6) is 0.610. The number of hydrogen-bond acceptors (Lipinski definition) is 3. The van der Waals surface area contributed by atoms with Gasteiger partial charge >= 0.3 is 0 Å². The highest BCUT2D eigenvalue weighted by molar-refractivity contribution is 5.81. The molecule has 1 unspecified atom stereocenters. The number of nitrogens with zero attached hydrogens (tertiary/aromatic N) is 1. The van der Waals surface area contributed by atoms with E-state index >= 15 is 0 Å². The maximum atomic E-state index is 11.5. The Morgan fingerprint density at radius 1 is 1.67 bits per heavy atom. The van der Waals surface area contributed by atoms with Crippen molar-refractivity contribution in [3.8, 4) is 0 Å². The van der Waals surface area contributed by atoms with Gasteiger partial charge in [-0.25, -0.2) is 0 Å². The fourth-order valence-corrected chi connectivity index (χ4v) is 2.01. The first kappa shape index (κ1) is 12.5. The van der Waals surface area contributed by atoms with Crippen LogP contribution in [-0.2, 0) is 4.79 Å². The molecule has 0 bridgehead atoms. The van der Waals surface area contributed by atoms with Crippen LogP contribution in [0, 0.1) is 5.92 Å². The molecule has 0 aromatic heterocycles. The van der Waals surface area contributed by atoms with Gasteiger partial charge in [0.2, 0.25) is 5.91 Å². The zero-order chi connectivity index (χ0) is 11.3. The van der Waals surface area contributed by atoms with E-state index in [0.29, 0.717) is 5.92 Å². The highest BCUT2D eigenvalue weighted by Crippen LogP contribution is 2.12. The predicted octanol–water partition coefficient (Wildman–Crippen LogP) is 0.182. The molecule has 4 nitrogen and oxygen atoms in total. The van der Waals surface area contributed by atoms with Gasteiger partial charge in [0.15, 0.2) is 0 Å². The highest BCUT2D eigenvalue weighted by atomic mass is 16.2. The molecule has 1 heterocycles. The Morgan fingerprint density at radius 2 is 2.40 bits per heavy atom. The number of amides is 1. The standard InChI is InChI=1S/C11H23N3O/c1-3-4-10(12)11(15)13-7-9-5-6-14(2)8-9/h9-10H,3-8,12H2,1-2H3,(H,13,15)/t9?,10-/m0/s1. The number of nitrogens with one attached hydrogen (secondary N) is 1.